The van der Waals surface area contributed by atoms with Crippen LogP contribution in [-0.2, 0) is 10.0 Å². The molecule has 174 valence electrons. The molecule has 33 heavy (non-hydrogen) atoms. The Morgan fingerprint density at radius 3 is 2.30 bits per heavy atom. The number of amides is 1. The molecule has 2 N–H and O–H groups in total. The summed E-state index contributed by atoms with van der Waals surface area (Å²) in [6.07, 6.45) is 0. The van der Waals surface area contributed by atoms with Gasteiger partial charge in [0.25, 0.3) is 5.91 Å². The molecule has 0 radical (unpaired) electrons. The minimum Gasteiger partial charge on any atom is -0.335 e. The second kappa shape index (κ2) is 9.72. The van der Waals surface area contributed by atoms with Crippen molar-refractivity contribution in [3.63, 3.8) is 0 Å². The molecule has 0 unspecified atom stereocenters. The summed E-state index contributed by atoms with van der Waals surface area (Å²) in [5.41, 5.74) is 3.45. The first-order valence-electron chi connectivity index (χ1n) is 11.0. The maximum Gasteiger partial charge on any atom is 0.257 e. The van der Waals surface area contributed by atoms with E-state index in [0.29, 0.717) is 29.7 Å². The lowest BCUT2D eigenvalue weighted by Gasteiger charge is -2.29. The van der Waals surface area contributed by atoms with Gasteiger partial charge >= 0.3 is 0 Å². The van der Waals surface area contributed by atoms with Gasteiger partial charge in [0.15, 0.2) is 5.13 Å². The summed E-state index contributed by atoms with van der Waals surface area (Å²) in [5, 5.41) is 5.22. The first kappa shape index (κ1) is 23.6. The summed E-state index contributed by atoms with van der Waals surface area (Å²) in [6.45, 7) is 6.89. The molecule has 1 aliphatic rings. The third-order valence-corrected chi connectivity index (χ3v) is 8.60. The van der Waals surface area contributed by atoms with Gasteiger partial charge in [-0.3, -0.25) is 10.1 Å². The smallest absolute Gasteiger partial charge is 0.257 e. The molecular weight excluding hydrogens is 456 g/mol. The van der Waals surface area contributed by atoms with Crippen LogP contribution in [-0.4, -0.2) is 56.8 Å². The van der Waals surface area contributed by atoms with E-state index in [0.717, 1.165) is 24.3 Å². The van der Waals surface area contributed by atoms with Crippen LogP contribution >= 0.6 is 11.3 Å². The molecule has 0 bridgehead atoms. The van der Waals surface area contributed by atoms with E-state index in [1.165, 1.54) is 38.2 Å². The Balaban J connectivity index is 1.42. The molecule has 2 aromatic carbocycles. The number of sulfonamides is 1. The van der Waals surface area contributed by atoms with E-state index in [-0.39, 0.29) is 10.8 Å². The van der Waals surface area contributed by atoms with E-state index in [1.807, 2.05) is 17.5 Å². The quantitative estimate of drug-likeness (QED) is 0.562. The molecule has 9 heteroatoms. The standard InChI is InChI=1S/C24H28N4O3S2/c1-17(2)18-4-6-19(7-5-18)22-16-32-24(25-22)26-23(29)20-8-10-21(11-9-20)33(30,31)28-14-12-27(3)13-15-28/h4-11,16-17H,12-15H2,1-3H3,(H,25,26,29)/p+1. The van der Waals surface area contributed by atoms with Gasteiger partial charge < -0.3 is 4.90 Å². The molecule has 4 rings (SSSR count). The predicted octanol–water partition coefficient (Wildman–Crippen LogP) is 2.70. The number of quaternary nitrogens is 1. The lowest BCUT2D eigenvalue weighted by Crippen LogP contribution is -3.12. The molecule has 3 aromatic rings. The fraction of sp³-hybridized carbons (Fsp3) is 0.333. The van der Waals surface area contributed by atoms with Crippen LogP contribution < -0.4 is 10.2 Å². The number of hydrogen-bond acceptors (Lipinski definition) is 5. The molecule has 0 atom stereocenters. The lowest BCUT2D eigenvalue weighted by molar-refractivity contribution is -0.883. The number of aromatic nitrogens is 1. The molecule has 0 saturated carbocycles. The van der Waals surface area contributed by atoms with Gasteiger partial charge in [-0.15, -0.1) is 11.3 Å². The van der Waals surface area contributed by atoms with Crippen molar-refractivity contribution in [2.75, 3.05) is 38.5 Å². The number of benzene rings is 2. The maximum atomic E-state index is 12.9. The van der Waals surface area contributed by atoms with Crippen molar-refractivity contribution in [3.05, 3.63) is 65.0 Å². The molecule has 0 aliphatic carbocycles. The Kier molecular flexibility index (Phi) is 6.94. The van der Waals surface area contributed by atoms with E-state index < -0.39 is 10.0 Å². The van der Waals surface area contributed by atoms with Crippen molar-refractivity contribution < 1.29 is 18.1 Å². The highest BCUT2D eigenvalue weighted by Crippen LogP contribution is 2.27. The molecule has 1 aliphatic heterocycles. The normalized spacial score (nSPS) is 15.6. The topological polar surface area (TPSA) is 83.8 Å². The molecule has 1 amide bonds. The van der Waals surface area contributed by atoms with Gasteiger partial charge in [0.2, 0.25) is 10.0 Å². The van der Waals surface area contributed by atoms with E-state index in [1.54, 1.807) is 12.1 Å². The highest BCUT2D eigenvalue weighted by atomic mass is 32.2. The summed E-state index contributed by atoms with van der Waals surface area (Å²) in [6, 6.07) is 14.4. The van der Waals surface area contributed by atoms with Gasteiger partial charge in [-0.05, 0) is 35.7 Å². The lowest BCUT2D eigenvalue weighted by atomic mass is 10.0. The number of nitrogens with one attached hydrogen (secondary N) is 2. The summed E-state index contributed by atoms with van der Waals surface area (Å²) in [4.78, 5) is 18.7. The van der Waals surface area contributed by atoms with Gasteiger partial charge in [-0.1, -0.05) is 38.1 Å². The number of carbonyl (C=O) groups is 1. The van der Waals surface area contributed by atoms with Crippen molar-refractivity contribution in [2.45, 2.75) is 24.7 Å². The number of carbonyl (C=O) groups excluding carboxylic acids is 1. The van der Waals surface area contributed by atoms with Crippen LogP contribution in [0.2, 0.25) is 0 Å². The van der Waals surface area contributed by atoms with E-state index >= 15 is 0 Å². The summed E-state index contributed by atoms with van der Waals surface area (Å²) >= 11 is 1.36. The predicted molar refractivity (Wildman–Crippen MR) is 131 cm³/mol. The SMILES string of the molecule is CC(C)c1ccc(-c2csc(NC(=O)c3ccc(S(=O)(=O)N4CC[NH+](C)CC4)cc3)n2)cc1. The fourth-order valence-electron chi connectivity index (χ4n) is 3.71. The third kappa shape index (κ3) is 5.33. The van der Waals surface area contributed by atoms with Crippen LogP contribution in [0.5, 0.6) is 0 Å². The van der Waals surface area contributed by atoms with Crippen LogP contribution in [0.15, 0.2) is 58.8 Å². The van der Waals surface area contributed by atoms with Gasteiger partial charge in [0.1, 0.15) is 0 Å². The Hall–Kier alpha value is -2.59. The zero-order valence-corrected chi connectivity index (χ0v) is 20.7. The van der Waals surface area contributed by atoms with Gasteiger partial charge in [-0.25, -0.2) is 13.4 Å². The summed E-state index contributed by atoms with van der Waals surface area (Å²) in [5.74, 6) is 0.145. The largest absolute Gasteiger partial charge is 0.335 e. The van der Waals surface area contributed by atoms with Crippen LogP contribution in [0.4, 0.5) is 5.13 Å². The van der Waals surface area contributed by atoms with Gasteiger partial charge in [0.05, 0.1) is 43.8 Å². The first-order chi connectivity index (χ1) is 15.7. The van der Waals surface area contributed by atoms with Gasteiger partial charge in [0, 0.05) is 16.5 Å². The van der Waals surface area contributed by atoms with Crippen molar-refractivity contribution in [2.24, 2.45) is 0 Å². The number of anilines is 1. The zero-order valence-electron chi connectivity index (χ0n) is 19.0. The number of thiazole rings is 1. The average Bonchev–Trinajstić information content (AvgIpc) is 3.28. The molecule has 7 nitrogen and oxygen atoms in total. The zero-order chi connectivity index (χ0) is 23.6. The average molecular weight is 486 g/mol. The third-order valence-electron chi connectivity index (χ3n) is 5.93. The van der Waals surface area contributed by atoms with E-state index in [4.69, 9.17) is 0 Å². The number of hydrogen-bond donors (Lipinski definition) is 2. The first-order valence-corrected chi connectivity index (χ1v) is 13.3. The second-order valence-electron chi connectivity index (χ2n) is 8.65. The number of likely N-dealkylation sites (N-methyl/N-ethyl adjacent to an activating group) is 1. The van der Waals surface area contributed by atoms with Crippen LogP contribution in [0.1, 0.15) is 35.7 Å². The highest BCUT2D eigenvalue weighted by Gasteiger charge is 2.29. The minimum atomic E-state index is -3.54. The van der Waals surface area contributed by atoms with Crippen molar-refractivity contribution >= 4 is 32.4 Å². The van der Waals surface area contributed by atoms with Crippen LogP contribution in [0.3, 0.4) is 0 Å². The van der Waals surface area contributed by atoms with Crippen molar-refractivity contribution in [1.82, 2.24) is 9.29 Å². The highest BCUT2D eigenvalue weighted by molar-refractivity contribution is 7.89. The Morgan fingerprint density at radius 2 is 1.70 bits per heavy atom. The van der Waals surface area contributed by atoms with Crippen molar-refractivity contribution in [3.8, 4) is 11.3 Å². The number of piperazine rings is 1. The summed E-state index contributed by atoms with van der Waals surface area (Å²) in [7, 11) is -1.48. The van der Waals surface area contributed by atoms with Crippen molar-refractivity contribution in [1.29, 1.82) is 0 Å². The number of rotatable bonds is 6. The van der Waals surface area contributed by atoms with Gasteiger partial charge in [-0.2, -0.15) is 4.31 Å². The maximum absolute atomic E-state index is 12.9. The number of nitrogens with zero attached hydrogens (tertiary/aromatic N) is 2. The molecule has 1 saturated heterocycles. The fourth-order valence-corrected chi connectivity index (χ4v) is 5.86. The Labute approximate surface area is 199 Å². The molecule has 1 aromatic heterocycles. The van der Waals surface area contributed by atoms with E-state index in [9.17, 15) is 13.2 Å². The Morgan fingerprint density at radius 1 is 1.06 bits per heavy atom. The molecule has 0 spiro atoms. The van der Waals surface area contributed by atoms with Crippen LogP contribution in [0.25, 0.3) is 11.3 Å². The molecule has 2 heterocycles. The van der Waals surface area contributed by atoms with Crippen LogP contribution in [0, 0.1) is 0 Å². The Bertz CT molecular complexity index is 1210. The molecule has 1 fully saturated rings. The summed E-state index contributed by atoms with van der Waals surface area (Å²) < 4.78 is 27.3. The molecular formula is C24H29N4O3S2+. The monoisotopic (exact) mass is 485 g/mol. The minimum absolute atomic E-state index is 0.208. The van der Waals surface area contributed by atoms with E-state index in [2.05, 4.69) is 43.3 Å². The second-order valence-corrected chi connectivity index (χ2v) is 11.5.